The van der Waals surface area contributed by atoms with Crippen molar-refractivity contribution in [2.75, 3.05) is 0 Å². The number of amides is 1. The summed E-state index contributed by atoms with van der Waals surface area (Å²) in [6.45, 7) is 6.60. The lowest BCUT2D eigenvalue weighted by atomic mass is 10.2. The summed E-state index contributed by atoms with van der Waals surface area (Å²) in [5.41, 5.74) is 2.42. The van der Waals surface area contributed by atoms with Crippen LogP contribution in [-0.2, 0) is 19.6 Å². The summed E-state index contributed by atoms with van der Waals surface area (Å²) in [5.74, 6) is 0.889. The van der Waals surface area contributed by atoms with Gasteiger partial charge in [0.1, 0.15) is 5.75 Å². The average molecular weight is 356 g/mol. The molecule has 0 radical (unpaired) electrons. The van der Waals surface area contributed by atoms with Crippen molar-refractivity contribution >= 4 is 17.2 Å². The molecule has 1 amide bonds. The lowest BCUT2D eigenvalue weighted by Gasteiger charge is -2.13. The summed E-state index contributed by atoms with van der Waals surface area (Å²) in [6.07, 6.45) is 2.84. The first kappa shape index (κ1) is 16.6. The molecule has 1 aliphatic carbocycles. The minimum atomic E-state index is 0.0277. The zero-order chi connectivity index (χ0) is 17.4. The number of benzene rings is 1. The van der Waals surface area contributed by atoms with Gasteiger partial charge < -0.3 is 10.1 Å². The second-order valence-corrected chi connectivity index (χ2v) is 8.33. The highest BCUT2D eigenvalue weighted by Crippen LogP contribution is 2.38. The maximum Gasteiger partial charge on any atom is 0.261 e. The lowest BCUT2D eigenvalue weighted by molar-refractivity contribution is 0.0955. The highest BCUT2D eigenvalue weighted by Gasteiger charge is 2.34. The van der Waals surface area contributed by atoms with Crippen molar-refractivity contribution < 1.29 is 9.53 Å². The van der Waals surface area contributed by atoms with Crippen LogP contribution >= 0.6 is 11.3 Å². The van der Waals surface area contributed by atoms with E-state index in [1.807, 2.05) is 38.1 Å². The molecule has 1 saturated carbocycles. The van der Waals surface area contributed by atoms with Gasteiger partial charge in [-0.1, -0.05) is 12.1 Å². The molecule has 1 fully saturated rings. The van der Waals surface area contributed by atoms with Gasteiger partial charge in [-0.05, 0) is 56.0 Å². The third kappa shape index (κ3) is 3.88. The zero-order valence-corrected chi connectivity index (χ0v) is 15.6. The summed E-state index contributed by atoms with van der Waals surface area (Å²) >= 11 is 1.65. The Hall–Kier alpha value is -1.85. The standard InChI is InChI=1S/C20H24N2O2S/c1-13(2)24-17-7-3-14(4-8-17)10-21-20(23)18-9-15-11-22(16-5-6-16)12-19(15)25-18/h3-4,7-9,13,16H,5-6,10-12H2,1-2H3,(H,21,23). The van der Waals surface area contributed by atoms with E-state index in [0.29, 0.717) is 6.54 Å². The summed E-state index contributed by atoms with van der Waals surface area (Å²) in [4.78, 5) is 17.2. The van der Waals surface area contributed by atoms with E-state index in [9.17, 15) is 4.79 Å². The molecule has 0 spiro atoms. The summed E-state index contributed by atoms with van der Waals surface area (Å²) in [6, 6.07) is 10.8. The second kappa shape index (κ2) is 6.81. The molecule has 132 valence electrons. The number of thiophene rings is 1. The Bertz CT molecular complexity index is 739. The van der Waals surface area contributed by atoms with Gasteiger partial charge in [0.2, 0.25) is 0 Å². The fourth-order valence-corrected chi connectivity index (χ4v) is 4.35. The van der Waals surface area contributed by atoms with Crippen molar-refractivity contribution in [3.8, 4) is 5.75 Å². The molecule has 4 rings (SSSR count). The molecule has 0 atom stereocenters. The van der Waals surface area contributed by atoms with E-state index in [1.54, 1.807) is 11.3 Å². The van der Waals surface area contributed by atoms with Crippen LogP contribution < -0.4 is 10.1 Å². The molecule has 4 nitrogen and oxygen atoms in total. The van der Waals surface area contributed by atoms with E-state index in [-0.39, 0.29) is 12.0 Å². The van der Waals surface area contributed by atoms with E-state index in [4.69, 9.17) is 4.74 Å². The average Bonchev–Trinajstić information content (AvgIpc) is 3.23. The van der Waals surface area contributed by atoms with Crippen LogP contribution in [0.25, 0.3) is 0 Å². The number of fused-ring (bicyclic) bond motifs is 1. The minimum absolute atomic E-state index is 0.0277. The molecular formula is C20H24N2O2S. The fourth-order valence-electron chi connectivity index (χ4n) is 3.23. The first-order valence-electron chi connectivity index (χ1n) is 8.98. The van der Waals surface area contributed by atoms with Crippen LogP contribution in [0.4, 0.5) is 0 Å². The van der Waals surface area contributed by atoms with Crippen molar-refractivity contribution in [2.24, 2.45) is 0 Å². The number of ether oxygens (including phenoxy) is 1. The Kier molecular flexibility index (Phi) is 4.52. The molecule has 1 aromatic carbocycles. The molecule has 2 aliphatic rings. The Morgan fingerprint density at radius 1 is 1.28 bits per heavy atom. The summed E-state index contributed by atoms with van der Waals surface area (Å²) in [5, 5.41) is 3.03. The van der Waals surface area contributed by atoms with Gasteiger partial charge in [0.25, 0.3) is 5.91 Å². The highest BCUT2D eigenvalue weighted by atomic mass is 32.1. The number of nitrogens with zero attached hydrogens (tertiary/aromatic N) is 1. The van der Waals surface area contributed by atoms with Crippen LogP contribution in [-0.4, -0.2) is 23.0 Å². The lowest BCUT2D eigenvalue weighted by Crippen LogP contribution is -2.22. The van der Waals surface area contributed by atoms with Gasteiger partial charge in [-0.25, -0.2) is 0 Å². The Morgan fingerprint density at radius 3 is 2.68 bits per heavy atom. The first-order chi connectivity index (χ1) is 12.1. The van der Waals surface area contributed by atoms with E-state index < -0.39 is 0 Å². The van der Waals surface area contributed by atoms with E-state index >= 15 is 0 Å². The Morgan fingerprint density at radius 2 is 2.04 bits per heavy atom. The van der Waals surface area contributed by atoms with Gasteiger partial charge in [0, 0.05) is 30.6 Å². The maximum absolute atomic E-state index is 12.4. The van der Waals surface area contributed by atoms with Gasteiger partial charge in [-0.3, -0.25) is 9.69 Å². The Labute approximate surface area is 152 Å². The van der Waals surface area contributed by atoms with Gasteiger partial charge in [-0.2, -0.15) is 0 Å². The van der Waals surface area contributed by atoms with Crippen molar-refractivity contribution in [1.82, 2.24) is 10.2 Å². The molecule has 25 heavy (non-hydrogen) atoms. The van der Waals surface area contributed by atoms with Gasteiger partial charge in [-0.15, -0.1) is 11.3 Å². The predicted octanol–water partition coefficient (Wildman–Crippen LogP) is 3.94. The second-order valence-electron chi connectivity index (χ2n) is 7.19. The molecule has 1 N–H and O–H groups in total. The molecule has 1 aromatic heterocycles. The molecule has 0 unspecified atom stereocenters. The number of hydrogen-bond acceptors (Lipinski definition) is 4. The van der Waals surface area contributed by atoms with Crippen LogP contribution in [0.15, 0.2) is 30.3 Å². The first-order valence-corrected chi connectivity index (χ1v) is 9.79. The SMILES string of the molecule is CC(C)Oc1ccc(CNC(=O)c2cc3c(s2)CN(C2CC2)C3)cc1. The molecular weight excluding hydrogens is 332 g/mol. The van der Waals surface area contributed by atoms with E-state index in [2.05, 4.69) is 16.3 Å². The molecule has 2 heterocycles. The van der Waals surface area contributed by atoms with Crippen molar-refractivity contribution in [3.63, 3.8) is 0 Å². The Balaban J connectivity index is 1.31. The maximum atomic E-state index is 12.4. The summed E-state index contributed by atoms with van der Waals surface area (Å²) < 4.78 is 5.64. The largest absolute Gasteiger partial charge is 0.491 e. The molecule has 1 aliphatic heterocycles. The van der Waals surface area contributed by atoms with Crippen molar-refractivity contribution in [3.05, 3.63) is 51.2 Å². The number of rotatable bonds is 6. The molecule has 0 saturated heterocycles. The predicted molar refractivity (Wildman–Crippen MR) is 100.0 cm³/mol. The van der Waals surface area contributed by atoms with Crippen LogP contribution in [0.3, 0.4) is 0 Å². The number of hydrogen-bond donors (Lipinski definition) is 1. The number of carbonyl (C=O) groups is 1. The molecule has 0 bridgehead atoms. The number of nitrogens with one attached hydrogen (secondary N) is 1. The van der Waals surface area contributed by atoms with Gasteiger partial charge in [0.15, 0.2) is 0 Å². The normalized spacial score (nSPS) is 16.9. The third-order valence-electron chi connectivity index (χ3n) is 4.65. The van der Waals surface area contributed by atoms with Gasteiger partial charge in [0.05, 0.1) is 11.0 Å². The van der Waals surface area contributed by atoms with Crippen LogP contribution in [0, 0.1) is 0 Å². The van der Waals surface area contributed by atoms with Crippen LogP contribution in [0.2, 0.25) is 0 Å². The molecule has 2 aromatic rings. The fraction of sp³-hybridized carbons (Fsp3) is 0.450. The van der Waals surface area contributed by atoms with Crippen LogP contribution in [0.1, 0.15) is 52.4 Å². The van der Waals surface area contributed by atoms with Crippen molar-refractivity contribution in [1.29, 1.82) is 0 Å². The quantitative estimate of drug-likeness (QED) is 0.852. The summed E-state index contributed by atoms with van der Waals surface area (Å²) in [7, 11) is 0. The smallest absolute Gasteiger partial charge is 0.261 e. The minimum Gasteiger partial charge on any atom is -0.491 e. The third-order valence-corrected chi connectivity index (χ3v) is 5.81. The highest BCUT2D eigenvalue weighted by molar-refractivity contribution is 7.14. The van der Waals surface area contributed by atoms with Crippen molar-refractivity contribution in [2.45, 2.75) is 58.5 Å². The topological polar surface area (TPSA) is 41.6 Å². The number of carbonyl (C=O) groups excluding carboxylic acids is 1. The van der Waals surface area contributed by atoms with Crippen LogP contribution in [0.5, 0.6) is 5.75 Å². The van der Waals surface area contributed by atoms with E-state index in [0.717, 1.165) is 35.3 Å². The monoisotopic (exact) mass is 356 g/mol. The van der Waals surface area contributed by atoms with Gasteiger partial charge >= 0.3 is 0 Å². The van der Waals surface area contributed by atoms with E-state index in [1.165, 1.54) is 23.3 Å². The zero-order valence-electron chi connectivity index (χ0n) is 14.7. The molecule has 5 heteroatoms.